The number of carboxylic acids is 2. The number of benzene rings is 1. The first kappa shape index (κ1) is 16.2. The zero-order valence-corrected chi connectivity index (χ0v) is 13.0. The van der Waals surface area contributed by atoms with Crippen molar-refractivity contribution in [1.29, 1.82) is 0 Å². The molecule has 1 aliphatic rings. The minimum atomic E-state index is -1.16. The van der Waals surface area contributed by atoms with E-state index >= 15 is 0 Å². The summed E-state index contributed by atoms with van der Waals surface area (Å²) in [6.07, 6.45) is 1.41. The monoisotopic (exact) mass is 337 g/mol. The molecular weight excluding hydrogens is 326 g/mol. The Morgan fingerprint density at radius 2 is 1.95 bits per heavy atom. The Bertz CT molecular complexity index is 713. The molecule has 1 atom stereocenters. The van der Waals surface area contributed by atoms with E-state index in [0.29, 0.717) is 5.56 Å². The Morgan fingerprint density at radius 1 is 1.32 bits per heavy atom. The fourth-order valence-corrected chi connectivity index (χ4v) is 3.29. The van der Waals surface area contributed by atoms with E-state index in [-0.39, 0.29) is 14.8 Å². The van der Waals surface area contributed by atoms with Crippen molar-refractivity contribution in [3.63, 3.8) is 0 Å². The van der Waals surface area contributed by atoms with Gasteiger partial charge in [0.05, 0.1) is 10.5 Å². The molecule has 0 aliphatic carbocycles. The van der Waals surface area contributed by atoms with Crippen molar-refractivity contribution < 1.29 is 24.6 Å². The van der Waals surface area contributed by atoms with Crippen molar-refractivity contribution >= 4 is 52.2 Å². The third-order valence-corrected chi connectivity index (χ3v) is 4.38. The van der Waals surface area contributed by atoms with Crippen LogP contribution in [0.4, 0.5) is 0 Å². The molecule has 6 nitrogen and oxygen atoms in total. The van der Waals surface area contributed by atoms with Gasteiger partial charge in [0, 0.05) is 0 Å². The number of carbonyl (C=O) groups excluding carboxylic acids is 1. The summed E-state index contributed by atoms with van der Waals surface area (Å²) in [4.78, 5) is 35.7. The molecule has 1 unspecified atom stereocenters. The van der Waals surface area contributed by atoms with Gasteiger partial charge in [-0.15, -0.1) is 0 Å². The van der Waals surface area contributed by atoms with E-state index in [1.807, 2.05) is 0 Å². The fourth-order valence-electron chi connectivity index (χ4n) is 1.88. The molecular formula is C14H11NO5S2. The van der Waals surface area contributed by atoms with Crippen LogP contribution in [0.5, 0.6) is 0 Å². The largest absolute Gasteiger partial charge is 0.480 e. The maximum absolute atomic E-state index is 12.3. The third-order valence-electron chi connectivity index (χ3n) is 3.05. The average molecular weight is 337 g/mol. The lowest BCUT2D eigenvalue weighted by Crippen LogP contribution is -2.41. The topological polar surface area (TPSA) is 94.9 Å². The first-order valence-electron chi connectivity index (χ1n) is 6.15. The van der Waals surface area contributed by atoms with Gasteiger partial charge in [0.15, 0.2) is 0 Å². The second kappa shape index (κ2) is 6.29. The maximum Gasteiger partial charge on any atom is 0.336 e. The van der Waals surface area contributed by atoms with Gasteiger partial charge >= 0.3 is 11.9 Å². The standard InChI is InChI=1S/C14H11NO5S2/c1-7(12(17)18)15-11(16)10(22-14(15)21)6-8-4-2-3-5-9(8)13(19)20/h2-7H,1H3,(H,17,18)(H,19,20). The predicted molar refractivity (Wildman–Crippen MR) is 85.5 cm³/mol. The summed E-state index contributed by atoms with van der Waals surface area (Å²) in [5.41, 5.74) is 0.414. The van der Waals surface area contributed by atoms with E-state index in [1.165, 1.54) is 19.1 Å². The molecule has 2 rings (SSSR count). The van der Waals surface area contributed by atoms with Gasteiger partial charge < -0.3 is 10.2 Å². The number of carboxylic acid groups (broad SMARTS) is 2. The van der Waals surface area contributed by atoms with Gasteiger partial charge in [-0.3, -0.25) is 9.69 Å². The lowest BCUT2D eigenvalue weighted by Gasteiger charge is -2.18. The van der Waals surface area contributed by atoms with Crippen LogP contribution in [-0.2, 0) is 9.59 Å². The van der Waals surface area contributed by atoms with Gasteiger partial charge in [0.25, 0.3) is 5.91 Å². The van der Waals surface area contributed by atoms with Crippen LogP contribution in [-0.4, -0.2) is 43.3 Å². The highest BCUT2D eigenvalue weighted by Crippen LogP contribution is 2.34. The number of carbonyl (C=O) groups is 3. The molecule has 1 aliphatic heterocycles. The number of nitrogens with zero attached hydrogens (tertiary/aromatic N) is 1. The number of hydrogen-bond acceptors (Lipinski definition) is 5. The summed E-state index contributed by atoms with van der Waals surface area (Å²) in [5.74, 6) is -2.81. The summed E-state index contributed by atoms with van der Waals surface area (Å²) in [5, 5.41) is 18.1. The van der Waals surface area contributed by atoms with Crippen molar-refractivity contribution in [2.45, 2.75) is 13.0 Å². The minimum Gasteiger partial charge on any atom is -0.480 e. The van der Waals surface area contributed by atoms with E-state index < -0.39 is 23.9 Å². The van der Waals surface area contributed by atoms with Gasteiger partial charge in [0.2, 0.25) is 0 Å². The van der Waals surface area contributed by atoms with E-state index in [9.17, 15) is 14.4 Å². The molecule has 1 saturated heterocycles. The minimum absolute atomic E-state index is 0.0547. The first-order valence-corrected chi connectivity index (χ1v) is 7.37. The maximum atomic E-state index is 12.3. The predicted octanol–water partition coefficient (Wildman–Crippen LogP) is 2.06. The Hall–Kier alpha value is -2.19. The highest BCUT2D eigenvalue weighted by Gasteiger charge is 2.38. The Kier molecular flexibility index (Phi) is 4.62. The number of thiocarbonyl (C=S) groups is 1. The number of thioether (sulfide) groups is 1. The Labute approximate surface area is 135 Å². The van der Waals surface area contributed by atoms with Crippen LogP contribution >= 0.6 is 24.0 Å². The molecule has 1 heterocycles. The lowest BCUT2D eigenvalue weighted by molar-refractivity contribution is -0.144. The molecule has 0 aromatic heterocycles. The molecule has 1 fully saturated rings. The number of aliphatic carboxylic acids is 1. The second-order valence-corrected chi connectivity index (χ2v) is 6.13. The van der Waals surface area contributed by atoms with Gasteiger partial charge in [-0.1, -0.05) is 42.2 Å². The van der Waals surface area contributed by atoms with E-state index in [4.69, 9.17) is 22.4 Å². The lowest BCUT2D eigenvalue weighted by atomic mass is 10.1. The van der Waals surface area contributed by atoms with Gasteiger partial charge in [-0.2, -0.15) is 0 Å². The fraction of sp³-hybridized carbons (Fsp3) is 0.143. The molecule has 8 heteroatoms. The van der Waals surface area contributed by atoms with Crippen molar-refractivity contribution in [3.8, 4) is 0 Å². The number of hydrogen-bond donors (Lipinski definition) is 2. The highest BCUT2D eigenvalue weighted by atomic mass is 32.2. The average Bonchev–Trinajstić information content (AvgIpc) is 2.73. The summed E-state index contributed by atoms with van der Waals surface area (Å²) < 4.78 is 0.138. The number of aromatic carboxylic acids is 1. The number of amides is 1. The molecule has 0 spiro atoms. The van der Waals surface area contributed by atoms with Crippen LogP contribution in [0.2, 0.25) is 0 Å². The normalized spacial score (nSPS) is 17.9. The molecule has 1 aromatic rings. The summed E-state index contributed by atoms with van der Waals surface area (Å²) in [7, 11) is 0. The molecule has 0 saturated carbocycles. The molecule has 0 radical (unpaired) electrons. The Morgan fingerprint density at radius 3 is 2.55 bits per heavy atom. The quantitative estimate of drug-likeness (QED) is 0.641. The second-order valence-electron chi connectivity index (χ2n) is 4.46. The zero-order valence-electron chi connectivity index (χ0n) is 11.3. The molecule has 1 amide bonds. The number of rotatable bonds is 4. The van der Waals surface area contributed by atoms with Crippen molar-refractivity contribution in [1.82, 2.24) is 4.90 Å². The van der Waals surface area contributed by atoms with Gasteiger partial charge in [-0.05, 0) is 24.6 Å². The Balaban J connectivity index is 2.39. The van der Waals surface area contributed by atoms with E-state index in [2.05, 4.69) is 0 Å². The molecule has 0 bridgehead atoms. The van der Waals surface area contributed by atoms with E-state index in [0.717, 1.165) is 16.7 Å². The van der Waals surface area contributed by atoms with Crippen molar-refractivity contribution in [2.75, 3.05) is 0 Å². The van der Waals surface area contributed by atoms with Crippen LogP contribution in [0, 0.1) is 0 Å². The van der Waals surface area contributed by atoms with Crippen molar-refractivity contribution in [2.24, 2.45) is 0 Å². The van der Waals surface area contributed by atoms with Crippen molar-refractivity contribution in [3.05, 3.63) is 40.3 Å². The van der Waals surface area contributed by atoms with Crippen LogP contribution in [0.25, 0.3) is 6.08 Å². The summed E-state index contributed by atoms with van der Waals surface area (Å²) in [6, 6.07) is 5.15. The van der Waals surface area contributed by atoms with Crippen LogP contribution in [0.1, 0.15) is 22.8 Å². The molecule has 2 N–H and O–H groups in total. The SMILES string of the molecule is CC(C(=O)O)N1C(=O)C(=Cc2ccccc2C(=O)O)SC1=S. The highest BCUT2D eigenvalue weighted by molar-refractivity contribution is 8.26. The van der Waals surface area contributed by atoms with Crippen LogP contribution in [0.15, 0.2) is 29.2 Å². The smallest absolute Gasteiger partial charge is 0.336 e. The first-order chi connectivity index (χ1) is 10.3. The van der Waals surface area contributed by atoms with E-state index in [1.54, 1.807) is 18.2 Å². The molecule has 1 aromatic carbocycles. The van der Waals surface area contributed by atoms with Gasteiger partial charge in [-0.25, -0.2) is 9.59 Å². The summed E-state index contributed by atoms with van der Waals surface area (Å²) in [6.45, 7) is 1.36. The molecule has 114 valence electrons. The van der Waals surface area contributed by atoms with Crippen LogP contribution < -0.4 is 0 Å². The van der Waals surface area contributed by atoms with Crippen LogP contribution in [0.3, 0.4) is 0 Å². The summed E-state index contributed by atoms with van der Waals surface area (Å²) >= 11 is 5.99. The third kappa shape index (κ3) is 3.02. The zero-order chi connectivity index (χ0) is 16.4. The van der Waals surface area contributed by atoms with Gasteiger partial charge in [0.1, 0.15) is 10.4 Å². The molecule has 22 heavy (non-hydrogen) atoms.